The topological polar surface area (TPSA) is 28.7 Å². The first-order valence-electron chi connectivity index (χ1n) is 5.15. The van der Waals surface area contributed by atoms with E-state index < -0.39 is 0 Å². The van der Waals surface area contributed by atoms with E-state index in [2.05, 4.69) is 9.97 Å². The van der Waals surface area contributed by atoms with Crippen LogP contribution in [-0.2, 0) is 0 Å². The summed E-state index contributed by atoms with van der Waals surface area (Å²) in [6.45, 7) is 0. The number of imidazole rings is 1. The van der Waals surface area contributed by atoms with Crippen LogP contribution in [0.25, 0.3) is 22.4 Å². The predicted molar refractivity (Wildman–Crippen MR) is 66.5 cm³/mol. The Labute approximate surface area is 102 Å². The van der Waals surface area contributed by atoms with Gasteiger partial charge in [0.25, 0.3) is 0 Å². The number of rotatable bonds is 1. The van der Waals surface area contributed by atoms with Crippen molar-refractivity contribution in [2.45, 2.75) is 0 Å². The second-order valence-corrected chi connectivity index (χ2v) is 4.11. The molecule has 17 heavy (non-hydrogen) atoms. The van der Waals surface area contributed by atoms with E-state index in [-0.39, 0.29) is 5.82 Å². The molecule has 0 aliphatic heterocycles. The summed E-state index contributed by atoms with van der Waals surface area (Å²) >= 11 is 5.99. The van der Waals surface area contributed by atoms with Crippen LogP contribution in [0.2, 0.25) is 5.02 Å². The summed E-state index contributed by atoms with van der Waals surface area (Å²) in [5.41, 5.74) is 1.97. The first-order chi connectivity index (χ1) is 8.25. The molecule has 2 aromatic carbocycles. The van der Waals surface area contributed by atoms with E-state index in [1.807, 2.05) is 24.3 Å². The van der Waals surface area contributed by atoms with E-state index in [0.29, 0.717) is 16.4 Å². The fraction of sp³-hybridized carbons (Fsp3) is 0. The van der Waals surface area contributed by atoms with Crippen LogP contribution in [-0.4, -0.2) is 9.97 Å². The highest BCUT2D eigenvalue weighted by molar-refractivity contribution is 6.33. The van der Waals surface area contributed by atoms with Crippen LogP contribution >= 0.6 is 11.6 Å². The Hall–Kier alpha value is -1.87. The zero-order valence-corrected chi connectivity index (χ0v) is 9.50. The fourth-order valence-corrected chi connectivity index (χ4v) is 2.05. The van der Waals surface area contributed by atoms with Crippen LogP contribution < -0.4 is 0 Å². The molecule has 1 N–H and O–H groups in total. The molecule has 0 atom stereocenters. The maximum Gasteiger partial charge on any atom is 0.142 e. The highest BCUT2D eigenvalue weighted by atomic mass is 35.5. The summed E-state index contributed by atoms with van der Waals surface area (Å²) < 4.78 is 13.7. The van der Waals surface area contributed by atoms with Crippen LogP contribution in [0.1, 0.15) is 0 Å². The highest BCUT2D eigenvalue weighted by Gasteiger charge is 2.13. The van der Waals surface area contributed by atoms with Gasteiger partial charge >= 0.3 is 0 Å². The Morgan fingerprint density at radius 1 is 1.06 bits per heavy atom. The normalized spacial score (nSPS) is 10.9. The molecule has 0 fully saturated rings. The third kappa shape index (κ3) is 1.68. The predicted octanol–water partition coefficient (Wildman–Crippen LogP) is 4.02. The van der Waals surface area contributed by atoms with Gasteiger partial charge in [0.2, 0.25) is 0 Å². The molecular formula is C13H8ClFN2. The zero-order valence-electron chi connectivity index (χ0n) is 8.74. The van der Waals surface area contributed by atoms with E-state index >= 15 is 0 Å². The molecule has 0 aliphatic rings. The molecule has 4 heteroatoms. The van der Waals surface area contributed by atoms with Crippen molar-refractivity contribution in [1.29, 1.82) is 0 Å². The first-order valence-corrected chi connectivity index (χ1v) is 5.52. The number of aromatic nitrogens is 2. The Bertz CT molecular complexity index is 637. The van der Waals surface area contributed by atoms with Gasteiger partial charge in [-0.2, -0.15) is 0 Å². The lowest BCUT2D eigenvalue weighted by atomic mass is 10.2. The Balaban J connectivity index is 2.27. The number of benzene rings is 2. The maximum atomic E-state index is 13.7. The number of halogens is 2. The third-order valence-corrected chi connectivity index (χ3v) is 2.90. The average molecular weight is 247 g/mol. The van der Waals surface area contributed by atoms with E-state index in [1.54, 1.807) is 12.1 Å². The highest BCUT2D eigenvalue weighted by Crippen LogP contribution is 2.29. The quantitative estimate of drug-likeness (QED) is 0.690. The van der Waals surface area contributed by atoms with Gasteiger partial charge in [0.05, 0.1) is 21.6 Å². The van der Waals surface area contributed by atoms with Crippen LogP contribution in [0.15, 0.2) is 42.5 Å². The first kappa shape index (κ1) is 10.3. The zero-order chi connectivity index (χ0) is 11.8. The average Bonchev–Trinajstić information content (AvgIpc) is 2.71. The number of nitrogens with zero attached hydrogens (tertiary/aromatic N) is 1. The van der Waals surface area contributed by atoms with Gasteiger partial charge in [-0.3, -0.25) is 0 Å². The molecule has 0 radical (unpaired) electrons. The number of aromatic amines is 1. The molecule has 1 aromatic heterocycles. The molecule has 0 spiro atoms. The SMILES string of the molecule is Fc1cccc(Cl)c1-c1nc2ccccc2[nH]1. The van der Waals surface area contributed by atoms with Gasteiger partial charge in [-0.25, -0.2) is 9.37 Å². The van der Waals surface area contributed by atoms with Gasteiger partial charge in [0.15, 0.2) is 0 Å². The molecule has 0 aliphatic carbocycles. The maximum absolute atomic E-state index is 13.7. The van der Waals surface area contributed by atoms with Crippen molar-refractivity contribution >= 4 is 22.6 Å². The number of para-hydroxylation sites is 2. The molecule has 0 saturated heterocycles. The molecule has 84 valence electrons. The lowest BCUT2D eigenvalue weighted by Crippen LogP contribution is -1.87. The van der Waals surface area contributed by atoms with E-state index in [4.69, 9.17) is 11.6 Å². The van der Waals surface area contributed by atoms with Crippen molar-refractivity contribution in [3.05, 3.63) is 53.3 Å². The van der Waals surface area contributed by atoms with Gasteiger partial charge in [-0.15, -0.1) is 0 Å². The molecule has 0 unspecified atom stereocenters. The van der Waals surface area contributed by atoms with Crippen LogP contribution in [0, 0.1) is 5.82 Å². The van der Waals surface area contributed by atoms with Gasteiger partial charge in [0, 0.05) is 0 Å². The third-order valence-electron chi connectivity index (χ3n) is 2.59. The van der Waals surface area contributed by atoms with Crippen LogP contribution in [0.5, 0.6) is 0 Å². The van der Waals surface area contributed by atoms with Crippen LogP contribution in [0.4, 0.5) is 4.39 Å². The number of hydrogen-bond acceptors (Lipinski definition) is 1. The van der Waals surface area contributed by atoms with E-state index in [9.17, 15) is 4.39 Å². The summed E-state index contributed by atoms with van der Waals surface area (Å²) in [6.07, 6.45) is 0. The molecule has 3 aromatic rings. The second-order valence-electron chi connectivity index (χ2n) is 3.70. The van der Waals surface area contributed by atoms with Crippen molar-refractivity contribution in [3.63, 3.8) is 0 Å². The standard InChI is InChI=1S/C13H8ClFN2/c14-8-4-3-5-9(15)12(8)13-16-10-6-1-2-7-11(10)17-13/h1-7H,(H,16,17). The summed E-state index contributed by atoms with van der Waals surface area (Å²) in [4.78, 5) is 7.38. The molecule has 0 bridgehead atoms. The van der Waals surface area contributed by atoms with Gasteiger partial charge in [-0.1, -0.05) is 29.8 Å². The van der Waals surface area contributed by atoms with Crippen LogP contribution in [0.3, 0.4) is 0 Å². The van der Waals surface area contributed by atoms with Crippen molar-refractivity contribution in [3.8, 4) is 11.4 Å². The van der Waals surface area contributed by atoms with Gasteiger partial charge < -0.3 is 4.98 Å². The molecule has 0 saturated carbocycles. The summed E-state index contributed by atoms with van der Waals surface area (Å²) in [6, 6.07) is 12.1. The van der Waals surface area contributed by atoms with Crippen molar-refractivity contribution < 1.29 is 4.39 Å². The van der Waals surface area contributed by atoms with E-state index in [1.165, 1.54) is 6.07 Å². The molecular weight excluding hydrogens is 239 g/mol. The Morgan fingerprint density at radius 2 is 1.88 bits per heavy atom. The van der Waals surface area contributed by atoms with Crippen molar-refractivity contribution in [2.75, 3.05) is 0 Å². The largest absolute Gasteiger partial charge is 0.338 e. The number of H-pyrrole nitrogens is 1. The molecule has 1 heterocycles. The summed E-state index contributed by atoms with van der Waals surface area (Å²) in [5.74, 6) is 0.0749. The monoisotopic (exact) mass is 246 g/mol. The minimum Gasteiger partial charge on any atom is -0.338 e. The minimum atomic E-state index is -0.378. The Morgan fingerprint density at radius 3 is 2.65 bits per heavy atom. The van der Waals surface area contributed by atoms with Gasteiger partial charge in [-0.05, 0) is 24.3 Å². The van der Waals surface area contributed by atoms with Crippen molar-refractivity contribution in [1.82, 2.24) is 9.97 Å². The summed E-state index contributed by atoms with van der Waals surface area (Å²) in [7, 11) is 0. The van der Waals surface area contributed by atoms with Gasteiger partial charge in [0.1, 0.15) is 11.6 Å². The Kier molecular flexibility index (Phi) is 2.34. The lowest BCUT2D eigenvalue weighted by Gasteiger charge is -2.01. The molecule has 3 rings (SSSR count). The van der Waals surface area contributed by atoms with E-state index in [0.717, 1.165) is 11.0 Å². The molecule has 0 amide bonds. The minimum absolute atomic E-state index is 0.311. The molecule has 2 nitrogen and oxygen atoms in total. The second kappa shape index (κ2) is 3.86. The van der Waals surface area contributed by atoms with Crippen molar-refractivity contribution in [2.24, 2.45) is 0 Å². The lowest BCUT2D eigenvalue weighted by molar-refractivity contribution is 0.630. The number of hydrogen-bond donors (Lipinski definition) is 1. The smallest absolute Gasteiger partial charge is 0.142 e. The number of nitrogens with one attached hydrogen (secondary N) is 1. The summed E-state index contributed by atoms with van der Waals surface area (Å²) in [5, 5.41) is 0.351. The number of fused-ring (bicyclic) bond motifs is 1. The fourth-order valence-electron chi connectivity index (χ4n) is 1.80.